The zero-order valence-corrected chi connectivity index (χ0v) is 17.0. The summed E-state index contributed by atoms with van der Waals surface area (Å²) >= 11 is 6.04. The quantitative estimate of drug-likeness (QED) is 0.245. The Balaban J connectivity index is 2.31. The Morgan fingerprint density at radius 1 is 1.25 bits per heavy atom. The summed E-state index contributed by atoms with van der Waals surface area (Å²) in [6.45, 7) is 1.93. The number of hydrogen-bond donors (Lipinski definition) is 3. The van der Waals surface area contributed by atoms with Gasteiger partial charge in [0.1, 0.15) is 5.54 Å². The molecule has 28 heavy (non-hydrogen) atoms. The molecule has 148 valence electrons. The van der Waals surface area contributed by atoms with Crippen LogP contribution in [0.1, 0.15) is 18.9 Å². The van der Waals surface area contributed by atoms with Crippen molar-refractivity contribution in [3.63, 3.8) is 0 Å². The summed E-state index contributed by atoms with van der Waals surface area (Å²) in [6.07, 6.45) is 3.38. The van der Waals surface area contributed by atoms with E-state index in [1.807, 2.05) is 29.7 Å². The molecule has 1 unspecified atom stereocenters. The van der Waals surface area contributed by atoms with E-state index in [1.165, 1.54) is 0 Å². The van der Waals surface area contributed by atoms with Crippen molar-refractivity contribution < 1.29 is 13.6 Å². The minimum atomic E-state index is -3.44. The van der Waals surface area contributed by atoms with Crippen LogP contribution in [0.5, 0.6) is 0 Å². The van der Waals surface area contributed by atoms with E-state index in [4.69, 9.17) is 17.3 Å². The summed E-state index contributed by atoms with van der Waals surface area (Å²) in [5.74, 6) is 0.0105. The number of nitrogens with zero attached hydrogens (tertiary/aromatic N) is 2. The maximum atomic E-state index is 11.7. The first-order valence-corrected chi connectivity index (χ1v) is 10.8. The van der Waals surface area contributed by atoms with Gasteiger partial charge < -0.3 is 15.5 Å². The first-order valence-electron chi connectivity index (χ1n) is 8.55. The molecule has 0 saturated heterocycles. The smallest absolute Gasteiger partial charge is 0.229 e. The van der Waals surface area contributed by atoms with Gasteiger partial charge in [-0.1, -0.05) is 41.9 Å². The molecule has 0 saturated carbocycles. The third-order valence-electron chi connectivity index (χ3n) is 4.80. The summed E-state index contributed by atoms with van der Waals surface area (Å²) in [6, 6.07) is 14.2. The molecule has 0 amide bonds. The van der Waals surface area contributed by atoms with Gasteiger partial charge in [-0.3, -0.25) is 4.72 Å². The van der Waals surface area contributed by atoms with Gasteiger partial charge in [-0.2, -0.15) is 0 Å². The summed E-state index contributed by atoms with van der Waals surface area (Å²) in [4.78, 5) is 0. The van der Waals surface area contributed by atoms with Crippen LogP contribution in [0.25, 0.3) is 10.9 Å². The highest BCUT2D eigenvalue weighted by Crippen LogP contribution is 2.37. The summed E-state index contributed by atoms with van der Waals surface area (Å²) in [5.41, 5.74) is 7.19. The van der Waals surface area contributed by atoms with E-state index < -0.39 is 15.6 Å². The van der Waals surface area contributed by atoms with Crippen molar-refractivity contribution in [1.82, 2.24) is 4.57 Å². The van der Waals surface area contributed by atoms with Crippen LogP contribution in [-0.4, -0.2) is 30.3 Å². The molecular formula is C19H21ClN4O3S. The predicted octanol–water partition coefficient (Wildman–Crippen LogP) is 3.57. The number of hydrogen-bond acceptors (Lipinski definition) is 4. The van der Waals surface area contributed by atoms with E-state index in [1.54, 1.807) is 36.5 Å². The average molecular weight is 421 g/mol. The zero-order valence-electron chi connectivity index (χ0n) is 15.4. The molecule has 1 heterocycles. The largest absolute Gasteiger partial charge is 0.409 e. The van der Waals surface area contributed by atoms with Gasteiger partial charge in [-0.25, -0.2) is 8.42 Å². The minimum absolute atomic E-state index is 0.0105. The van der Waals surface area contributed by atoms with E-state index >= 15 is 0 Å². The Kier molecular flexibility index (Phi) is 5.27. The van der Waals surface area contributed by atoms with Crippen LogP contribution in [0.15, 0.2) is 59.9 Å². The number of halogens is 1. The fourth-order valence-electron chi connectivity index (χ4n) is 3.56. The maximum Gasteiger partial charge on any atom is 0.229 e. The van der Waals surface area contributed by atoms with Gasteiger partial charge >= 0.3 is 0 Å². The molecule has 1 aromatic heterocycles. The predicted molar refractivity (Wildman–Crippen MR) is 113 cm³/mol. The Morgan fingerprint density at radius 2 is 1.93 bits per heavy atom. The summed E-state index contributed by atoms with van der Waals surface area (Å²) in [7, 11) is -3.44. The molecule has 3 aromatic rings. The molecule has 3 rings (SSSR count). The van der Waals surface area contributed by atoms with Crippen molar-refractivity contribution in [3.05, 3.63) is 65.3 Å². The highest BCUT2D eigenvalue weighted by atomic mass is 35.5. The maximum absolute atomic E-state index is 11.7. The van der Waals surface area contributed by atoms with Gasteiger partial charge in [0, 0.05) is 16.6 Å². The molecule has 0 bridgehead atoms. The molecule has 0 aliphatic carbocycles. The number of fused-ring (bicyclic) bond motifs is 1. The number of aromatic nitrogens is 1. The third kappa shape index (κ3) is 3.41. The molecule has 2 aromatic carbocycles. The number of sulfonamides is 1. The van der Waals surface area contributed by atoms with E-state index in [-0.39, 0.29) is 5.84 Å². The van der Waals surface area contributed by atoms with Crippen molar-refractivity contribution >= 4 is 44.1 Å². The first kappa shape index (κ1) is 20.0. The fourth-order valence-corrected chi connectivity index (χ4v) is 4.27. The molecule has 0 spiro atoms. The Labute approximate surface area is 168 Å². The first-order chi connectivity index (χ1) is 13.2. The van der Waals surface area contributed by atoms with Crippen LogP contribution >= 0.6 is 11.6 Å². The standard InChI is InChI=1S/C19H21ClN4O3S/c1-3-19(18(21)22-25,13-7-9-14(20)10-8-13)24-12-11-15-16(23-28(2,26)27)5-4-6-17(15)24/h4-12,23,25H,3H2,1-2H3,(H2,21,22). The van der Waals surface area contributed by atoms with E-state index in [2.05, 4.69) is 9.88 Å². The highest BCUT2D eigenvalue weighted by molar-refractivity contribution is 7.92. The lowest BCUT2D eigenvalue weighted by atomic mass is 9.85. The Morgan fingerprint density at radius 3 is 2.50 bits per heavy atom. The van der Waals surface area contributed by atoms with Crippen molar-refractivity contribution in [1.29, 1.82) is 0 Å². The van der Waals surface area contributed by atoms with Crippen LogP contribution in [0.3, 0.4) is 0 Å². The van der Waals surface area contributed by atoms with Crippen LogP contribution in [0, 0.1) is 0 Å². The minimum Gasteiger partial charge on any atom is -0.409 e. The van der Waals surface area contributed by atoms with Gasteiger partial charge in [-0.15, -0.1) is 0 Å². The number of nitrogens with two attached hydrogens (primary N) is 1. The van der Waals surface area contributed by atoms with Crippen LogP contribution < -0.4 is 10.5 Å². The molecule has 0 aliphatic heterocycles. The molecule has 7 nitrogen and oxygen atoms in total. The van der Waals surface area contributed by atoms with Crippen molar-refractivity contribution in [2.24, 2.45) is 10.9 Å². The van der Waals surface area contributed by atoms with E-state index in [0.29, 0.717) is 22.5 Å². The van der Waals surface area contributed by atoms with Crippen molar-refractivity contribution in [2.75, 3.05) is 11.0 Å². The SMILES string of the molecule is CCC(C(N)=NO)(c1ccc(Cl)cc1)n1ccc2c(NS(C)(=O)=O)cccc21. The number of oxime groups is 1. The molecule has 0 radical (unpaired) electrons. The molecule has 9 heteroatoms. The molecule has 4 N–H and O–H groups in total. The molecule has 0 fully saturated rings. The average Bonchev–Trinajstić information content (AvgIpc) is 3.08. The fraction of sp³-hybridized carbons (Fsp3) is 0.211. The second-order valence-electron chi connectivity index (χ2n) is 6.50. The van der Waals surface area contributed by atoms with Crippen LogP contribution in [0.2, 0.25) is 5.02 Å². The van der Waals surface area contributed by atoms with E-state index in [9.17, 15) is 13.6 Å². The Hall–Kier alpha value is -2.71. The van der Waals surface area contributed by atoms with Crippen LogP contribution in [-0.2, 0) is 15.6 Å². The lowest BCUT2D eigenvalue weighted by Gasteiger charge is -2.35. The molecular weight excluding hydrogens is 400 g/mol. The normalized spacial score (nSPS) is 14.8. The monoisotopic (exact) mass is 420 g/mol. The zero-order chi connectivity index (χ0) is 20.5. The molecule has 1 atom stereocenters. The van der Waals surface area contributed by atoms with Crippen LogP contribution in [0.4, 0.5) is 5.69 Å². The van der Waals surface area contributed by atoms with Crippen molar-refractivity contribution in [3.8, 4) is 0 Å². The highest BCUT2D eigenvalue weighted by Gasteiger charge is 2.38. The van der Waals surface area contributed by atoms with Gasteiger partial charge in [0.25, 0.3) is 0 Å². The second kappa shape index (κ2) is 7.37. The number of anilines is 1. The Bertz CT molecular complexity index is 1140. The second-order valence-corrected chi connectivity index (χ2v) is 8.69. The number of benzene rings is 2. The van der Waals surface area contributed by atoms with Crippen molar-refractivity contribution in [2.45, 2.75) is 18.9 Å². The van der Waals surface area contributed by atoms with Gasteiger partial charge in [0.05, 0.1) is 17.5 Å². The third-order valence-corrected chi connectivity index (χ3v) is 5.65. The topological polar surface area (TPSA) is 110 Å². The lowest BCUT2D eigenvalue weighted by Crippen LogP contribution is -2.46. The summed E-state index contributed by atoms with van der Waals surface area (Å²) < 4.78 is 27.8. The number of nitrogens with one attached hydrogen (secondary N) is 1. The van der Waals surface area contributed by atoms with E-state index in [0.717, 1.165) is 17.3 Å². The van der Waals surface area contributed by atoms with Gasteiger partial charge in [-0.05, 0) is 42.3 Å². The molecule has 0 aliphatic rings. The van der Waals surface area contributed by atoms with Gasteiger partial charge in [0.15, 0.2) is 5.84 Å². The van der Waals surface area contributed by atoms with Gasteiger partial charge in [0.2, 0.25) is 10.0 Å². The lowest BCUT2D eigenvalue weighted by molar-refractivity contribution is 0.307. The number of rotatable bonds is 6. The summed E-state index contributed by atoms with van der Waals surface area (Å²) in [5, 5.41) is 14.1. The number of amidine groups is 1.